The summed E-state index contributed by atoms with van der Waals surface area (Å²) < 4.78 is 62.9. The van der Waals surface area contributed by atoms with Gasteiger partial charge in [-0.1, -0.05) is 0 Å². The van der Waals surface area contributed by atoms with Crippen molar-refractivity contribution in [3.8, 4) is 0 Å². The summed E-state index contributed by atoms with van der Waals surface area (Å²) in [7, 11) is -4.05. The van der Waals surface area contributed by atoms with E-state index in [2.05, 4.69) is 4.42 Å². The third kappa shape index (κ3) is 4.26. The van der Waals surface area contributed by atoms with Gasteiger partial charge in [-0.2, -0.15) is 13.2 Å². The van der Waals surface area contributed by atoms with Gasteiger partial charge in [0.1, 0.15) is 0 Å². The summed E-state index contributed by atoms with van der Waals surface area (Å²) in [5.41, 5.74) is -4.51. The Morgan fingerprint density at radius 2 is 2.00 bits per heavy atom. The van der Waals surface area contributed by atoms with Gasteiger partial charge in [0.2, 0.25) is 20.7 Å². The number of halogens is 3. The standard InChI is InChI=1S/C8H7F3O5S2/c9-8(10,11)17-3-4-18(14,15)6-2-1-5(16-6)7(12)13/h1-2H,3-4H2,(H,12,13). The largest absolute Gasteiger partial charge is 0.475 e. The maximum absolute atomic E-state index is 11.8. The normalized spacial score (nSPS) is 12.6. The Kier molecular flexibility index (Phi) is 4.32. The van der Waals surface area contributed by atoms with Gasteiger partial charge in [0.05, 0.1) is 5.75 Å². The van der Waals surface area contributed by atoms with E-state index in [4.69, 9.17) is 5.11 Å². The van der Waals surface area contributed by atoms with Crippen molar-refractivity contribution in [2.45, 2.75) is 10.6 Å². The number of hydrogen-bond donors (Lipinski definition) is 1. The summed E-state index contributed by atoms with van der Waals surface area (Å²) in [6.45, 7) is 0. The van der Waals surface area contributed by atoms with Crippen LogP contribution in [0.15, 0.2) is 21.6 Å². The molecule has 0 aliphatic carbocycles. The molecule has 0 aromatic carbocycles. The first-order valence-electron chi connectivity index (χ1n) is 4.38. The van der Waals surface area contributed by atoms with Gasteiger partial charge in [0, 0.05) is 5.75 Å². The van der Waals surface area contributed by atoms with Crippen LogP contribution in [0.4, 0.5) is 13.2 Å². The second kappa shape index (κ2) is 5.22. The summed E-state index contributed by atoms with van der Waals surface area (Å²) in [5, 5.41) is 7.85. The molecule has 0 unspecified atom stereocenters. The fraction of sp³-hybridized carbons (Fsp3) is 0.375. The Morgan fingerprint density at radius 3 is 2.44 bits per heavy atom. The van der Waals surface area contributed by atoms with Gasteiger partial charge in [0.15, 0.2) is 0 Å². The van der Waals surface area contributed by atoms with Crippen LogP contribution < -0.4 is 0 Å². The number of thioether (sulfide) groups is 1. The number of carboxylic acids is 1. The van der Waals surface area contributed by atoms with Crippen molar-refractivity contribution < 1.29 is 35.9 Å². The molecule has 1 aromatic heterocycles. The molecule has 0 radical (unpaired) electrons. The Bertz CT molecular complexity index is 531. The minimum atomic E-state index is -4.51. The van der Waals surface area contributed by atoms with Crippen LogP contribution in [0.5, 0.6) is 0 Å². The third-order valence-corrected chi connectivity index (χ3v) is 4.28. The van der Waals surface area contributed by atoms with Gasteiger partial charge in [-0.3, -0.25) is 0 Å². The summed E-state index contributed by atoms with van der Waals surface area (Å²) in [6, 6.07) is 1.82. The highest BCUT2D eigenvalue weighted by Gasteiger charge is 2.30. The molecule has 5 nitrogen and oxygen atoms in total. The zero-order valence-electron chi connectivity index (χ0n) is 8.60. The van der Waals surface area contributed by atoms with E-state index in [0.717, 1.165) is 12.1 Å². The number of aromatic carboxylic acids is 1. The Labute approximate surface area is 104 Å². The maximum atomic E-state index is 11.8. The molecule has 0 atom stereocenters. The van der Waals surface area contributed by atoms with E-state index in [1.807, 2.05) is 0 Å². The quantitative estimate of drug-likeness (QED) is 0.895. The van der Waals surface area contributed by atoms with Crippen LogP contribution in [-0.4, -0.2) is 36.5 Å². The zero-order chi connectivity index (χ0) is 14.0. The minimum Gasteiger partial charge on any atom is -0.475 e. The van der Waals surface area contributed by atoms with Crippen molar-refractivity contribution >= 4 is 27.6 Å². The Balaban J connectivity index is 2.71. The highest BCUT2D eigenvalue weighted by Crippen LogP contribution is 2.30. The van der Waals surface area contributed by atoms with E-state index in [1.165, 1.54) is 0 Å². The van der Waals surface area contributed by atoms with Crippen molar-refractivity contribution in [2.75, 3.05) is 11.5 Å². The summed E-state index contributed by atoms with van der Waals surface area (Å²) in [4.78, 5) is 10.4. The Hall–Kier alpha value is -1.16. The molecule has 102 valence electrons. The molecular formula is C8H7F3O5S2. The molecule has 0 amide bonds. The van der Waals surface area contributed by atoms with E-state index in [0.29, 0.717) is 0 Å². The lowest BCUT2D eigenvalue weighted by atomic mass is 10.5. The first kappa shape index (κ1) is 14.9. The van der Waals surface area contributed by atoms with E-state index in [-0.39, 0.29) is 0 Å². The average Bonchev–Trinajstić information content (AvgIpc) is 2.63. The van der Waals surface area contributed by atoms with Crippen LogP contribution in [0.25, 0.3) is 0 Å². The molecule has 0 spiro atoms. The monoisotopic (exact) mass is 304 g/mol. The first-order chi connectivity index (χ1) is 8.12. The highest BCUT2D eigenvalue weighted by atomic mass is 32.2. The van der Waals surface area contributed by atoms with Crippen molar-refractivity contribution in [1.82, 2.24) is 0 Å². The van der Waals surface area contributed by atoms with Crippen LogP contribution in [0.3, 0.4) is 0 Å². The number of alkyl halides is 3. The molecule has 1 heterocycles. The fourth-order valence-corrected chi connectivity index (χ4v) is 3.11. The molecule has 0 fully saturated rings. The van der Waals surface area contributed by atoms with Gasteiger partial charge in [-0.15, -0.1) is 0 Å². The molecule has 0 bridgehead atoms. The number of furan rings is 1. The lowest BCUT2D eigenvalue weighted by Crippen LogP contribution is -2.11. The van der Waals surface area contributed by atoms with Crippen LogP contribution in [0.2, 0.25) is 0 Å². The van der Waals surface area contributed by atoms with Gasteiger partial charge in [0.25, 0.3) is 0 Å². The molecular weight excluding hydrogens is 297 g/mol. The van der Waals surface area contributed by atoms with E-state index >= 15 is 0 Å². The Morgan fingerprint density at radius 1 is 1.39 bits per heavy atom. The molecule has 10 heteroatoms. The molecule has 1 rings (SSSR count). The SMILES string of the molecule is O=C(O)c1ccc(S(=O)(=O)CCSC(F)(F)F)o1. The predicted octanol–water partition coefficient (Wildman–Crippen LogP) is 2.00. The fourth-order valence-electron chi connectivity index (χ4n) is 0.970. The van der Waals surface area contributed by atoms with Gasteiger partial charge >= 0.3 is 11.5 Å². The molecule has 1 aromatic rings. The van der Waals surface area contributed by atoms with Crippen molar-refractivity contribution in [2.24, 2.45) is 0 Å². The topological polar surface area (TPSA) is 84.6 Å². The maximum Gasteiger partial charge on any atom is 0.441 e. The molecule has 0 aliphatic rings. The number of carboxylic acid groups (broad SMARTS) is 1. The summed E-state index contributed by atoms with van der Waals surface area (Å²) in [5.74, 6) is -3.52. The second-order valence-corrected chi connectivity index (χ2v) is 6.24. The molecule has 0 saturated carbocycles. The predicted molar refractivity (Wildman–Crippen MR) is 56.2 cm³/mol. The second-order valence-electron chi connectivity index (χ2n) is 3.04. The van der Waals surface area contributed by atoms with Crippen molar-refractivity contribution in [3.05, 3.63) is 17.9 Å². The van der Waals surface area contributed by atoms with Gasteiger partial charge < -0.3 is 9.52 Å². The van der Waals surface area contributed by atoms with Crippen LogP contribution in [0.1, 0.15) is 10.6 Å². The molecule has 1 N–H and O–H groups in total. The summed E-state index contributed by atoms with van der Waals surface area (Å²) in [6.07, 6.45) is 0. The van der Waals surface area contributed by atoms with E-state index < -0.39 is 55.4 Å². The number of hydrogen-bond acceptors (Lipinski definition) is 5. The lowest BCUT2D eigenvalue weighted by Gasteiger charge is -2.04. The number of rotatable bonds is 5. The van der Waals surface area contributed by atoms with Crippen LogP contribution in [0, 0.1) is 0 Å². The van der Waals surface area contributed by atoms with Crippen molar-refractivity contribution in [1.29, 1.82) is 0 Å². The van der Waals surface area contributed by atoms with Crippen molar-refractivity contribution in [3.63, 3.8) is 0 Å². The smallest absolute Gasteiger partial charge is 0.441 e. The average molecular weight is 304 g/mol. The van der Waals surface area contributed by atoms with Crippen LogP contribution >= 0.6 is 11.8 Å². The van der Waals surface area contributed by atoms with E-state index in [1.54, 1.807) is 0 Å². The van der Waals surface area contributed by atoms with Gasteiger partial charge in [-0.05, 0) is 23.9 Å². The van der Waals surface area contributed by atoms with Crippen LogP contribution in [-0.2, 0) is 9.84 Å². The molecule has 0 saturated heterocycles. The number of carbonyl (C=O) groups is 1. The highest BCUT2D eigenvalue weighted by molar-refractivity contribution is 8.01. The minimum absolute atomic E-state index is 0.469. The number of sulfone groups is 1. The zero-order valence-corrected chi connectivity index (χ0v) is 10.2. The first-order valence-corrected chi connectivity index (χ1v) is 7.02. The third-order valence-electron chi connectivity index (χ3n) is 1.72. The van der Waals surface area contributed by atoms with Gasteiger partial charge in [-0.25, -0.2) is 13.2 Å². The lowest BCUT2D eigenvalue weighted by molar-refractivity contribution is -0.0326. The van der Waals surface area contributed by atoms with E-state index in [9.17, 15) is 26.4 Å². The molecule has 18 heavy (non-hydrogen) atoms. The molecule has 0 aliphatic heterocycles. The summed E-state index contributed by atoms with van der Waals surface area (Å²) >= 11 is -0.469.